The lowest BCUT2D eigenvalue weighted by Gasteiger charge is -2.35. The van der Waals surface area contributed by atoms with Crippen molar-refractivity contribution in [3.05, 3.63) is 0 Å². The number of hydrogen-bond acceptors (Lipinski definition) is 4. The molecule has 2 unspecified atom stereocenters. The van der Waals surface area contributed by atoms with E-state index in [0.29, 0.717) is 6.54 Å². The maximum absolute atomic E-state index is 12.9. The second-order valence-electron chi connectivity index (χ2n) is 8.10. The highest BCUT2D eigenvalue weighted by Gasteiger charge is 2.63. The molecule has 0 radical (unpaired) electrons. The van der Waals surface area contributed by atoms with Crippen LogP contribution in [0, 0.1) is 5.41 Å². The van der Waals surface area contributed by atoms with E-state index < -0.39 is 0 Å². The largest absolute Gasteiger partial charge is 0.411 e. The molecule has 4 aliphatic rings. The fourth-order valence-electron chi connectivity index (χ4n) is 4.87. The van der Waals surface area contributed by atoms with Crippen LogP contribution in [0.2, 0.25) is 0 Å². The standard InChI is InChI=1S/C18H29N3O3/c22-17-20-13-16(18(9-10-18)11-14(20)12-19-23)21(17)24-15-7-5-3-1-2-4-6-8-15/h12,14-16,23H,1-11,13H2/b19-12+. The van der Waals surface area contributed by atoms with E-state index in [-0.39, 0.29) is 29.6 Å². The summed E-state index contributed by atoms with van der Waals surface area (Å²) < 4.78 is 0. The zero-order valence-corrected chi connectivity index (χ0v) is 14.4. The van der Waals surface area contributed by atoms with Crippen LogP contribution in [0.1, 0.15) is 70.6 Å². The third-order valence-electron chi connectivity index (χ3n) is 6.51. The minimum atomic E-state index is -0.0876. The third kappa shape index (κ3) is 2.89. The van der Waals surface area contributed by atoms with Crippen LogP contribution < -0.4 is 0 Å². The Hall–Kier alpha value is -1.30. The molecule has 2 amide bonds. The first-order valence-electron chi connectivity index (χ1n) is 9.68. The SMILES string of the molecule is O=C1N2CC(N1OC1CCCCCCCC1)C1(CC1)CC2/C=N/O. The first-order valence-corrected chi connectivity index (χ1v) is 9.68. The molecule has 2 saturated heterocycles. The summed E-state index contributed by atoms with van der Waals surface area (Å²) in [6.45, 7) is 0.711. The number of rotatable bonds is 3. The van der Waals surface area contributed by atoms with Gasteiger partial charge in [0, 0.05) is 6.54 Å². The van der Waals surface area contributed by atoms with Gasteiger partial charge in [-0.15, -0.1) is 0 Å². The van der Waals surface area contributed by atoms with Crippen LogP contribution in [0.4, 0.5) is 4.79 Å². The van der Waals surface area contributed by atoms with Crippen molar-refractivity contribution in [2.45, 2.75) is 88.8 Å². The highest BCUT2D eigenvalue weighted by Crippen LogP contribution is 2.59. The summed E-state index contributed by atoms with van der Waals surface area (Å²) in [6, 6.07) is 0.0601. The van der Waals surface area contributed by atoms with Crippen molar-refractivity contribution < 1.29 is 14.8 Å². The van der Waals surface area contributed by atoms with Crippen molar-refractivity contribution in [2.24, 2.45) is 10.6 Å². The number of oxime groups is 1. The van der Waals surface area contributed by atoms with Crippen LogP contribution in [-0.4, -0.2) is 52.1 Å². The number of urea groups is 1. The van der Waals surface area contributed by atoms with E-state index in [1.165, 1.54) is 44.7 Å². The Morgan fingerprint density at radius 3 is 2.42 bits per heavy atom. The van der Waals surface area contributed by atoms with E-state index in [4.69, 9.17) is 10.0 Å². The van der Waals surface area contributed by atoms with Gasteiger partial charge in [0.1, 0.15) is 0 Å². The molecule has 2 heterocycles. The number of amides is 2. The number of fused-ring (bicyclic) bond motifs is 3. The van der Waals surface area contributed by atoms with Crippen molar-refractivity contribution in [1.82, 2.24) is 9.96 Å². The molecule has 2 aliphatic carbocycles. The lowest BCUT2D eigenvalue weighted by molar-refractivity contribution is -0.185. The highest BCUT2D eigenvalue weighted by atomic mass is 16.7. The maximum atomic E-state index is 12.9. The zero-order valence-electron chi connectivity index (χ0n) is 14.4. The molecule has 0 aromatic heterocycles. The van der Waals surface area contributed by atoms with Gasteiger partial charge < -0.3 is 10.1 Å². The molecule has 4 rings (SSSR count). The summed E-state index contributed by atoms with van der Waals surface area (Å²) in [5.74, 6) is 0. The van der Waals surface area contributed by atoms with Gasteiger partial charge >= 0.3 is 6.03 Å². The first kappa shape index (κ1) is 16.2. The van der Waals surface area contributed by atoms with Crippen molar-refractivity contribution in [3.8, 4) is 0 Å². The molecule has 134 valence electrons. The quantitative estimate of drug-likeness (QED) is 0.487. The smallest absolute Gasteiger partial charge is 0.344 e. The Balaban J connectivity index is 1.47. The molecule has 2 aliphatic heterocycles. The fraction of sp³-hybridized carbons (Fsp3) is 0.889. The Bertz CT molecular complexity index is 496. The van der Waals surface area contributed by atoms with Crippen molar-refractivity contribution in [1.29, 1.82) is 0 Å². The molecule has 4 fully saturated rings. The highest BCUT2D eigenvalue weighted by molar-refractivity contribution is 5.82. The molecule has 1 N–H and O–H groups in total. The van der Waals surface area contributed by atoms with Gasteiger partial charge in [-0.1, -0.05) is 43.7 Å². The van der Waals surface area contributed by atoms with E-state index in [9.17, 15) is 4.79 Å². The van der Waals surface area contributed by atoms with Crippen molar-refractivity contribution >= 4 is 12.2 Å². The monoisotopic (exact) mass is 335 g/mol. The topological polar surface area (TPSA) is 65.4 Å². The first-order chi connectivity index (χ1) is 11.7. The Kier molecular flexibility index (Phi) is 4.41. The minimum Gasteiger partial charge on any atom is -0.411 e. The van der Waals surface area contributed by atoms with Crippen LogP contribution in [-0.2, 0) is 4.84 Å². The van der Waals surface area contributed by atoms with E-state index in [1.807, 2.05) is 4.90 Å². The molecule has 1 spiro atoms. The van der Waals surface area contributed by atoms with Crippen LogP contribution >= 0.6 is 0 Å². The fourth-order valence-corrected chi connectivity index (χ4v) is 4.87. The van der Waals surface area contributed by atoms with Gasteiger partial charge in [0.25, 0.3) is 0 Å². The Morgan fingerprint density at radius 1 is 1.12 bits per heavy atom. The average Bonchev–Trinajstić information content (AvgIpc) is 3.24. The molecule has 6 heteroatoms. The summed E-state index contributed by atoms with van der Waals surface area (Å²) in [7, 11) is 0. The van der Waals surface area contributed by atoms with Crippen molar-refractivity contribution in [3.63, 3.8) is 0 Å². The van der Waals surface area contributed by atoms with Gasteiger partial charge in [0.15, 0.2) is 0 Å². The molecular formula is C18H29N3O3. The van der Waals surface area contributed by atoms with Gasteiger partial charge in [-0.2, -0.15) is 5.06 Å². The Labute approximate surface area is 143 Å². The summed E-state index contributed by atoms with van der Waals surface area (Å²) >= 11 is 0. The second kappa shape index (κ2) is 6.54. The van der Waals surface area contributed by atoms with E-state index >= 15 is 0 Å². The molecule has 6 nitrogen and oxygen atoms in total. The zero-order chi connectivity index (χ0) is 16.6. The number of carbonyl (C=O) groups excluding carboxylic acids is 1. The van der Waals surface area contributed by atoms with Crippen LogP contribution in [0.3, 0.4) is 0 Å². The number of hydrogen-bond donors (Lipinski definition) is 1. The van der Waals surface area contributed by atoms with Gasteiger partial charge in [-0.3, -0.25) is 4.84 Å². The minimum absolute atomic E-state index is 0.0338. The van der Waals surface area contributed by atoms with Gasteiger partial charge in [-0.05, 0) is 37.5 Å². The number of nitrogens with zero attached hydrogens (tertiary/aromatic N) is 3. The molecule has 2 atom stereocenters. The maximum Gasteiger partial charge on any atom is 0.344 e. The van der Waals surface area contributed by atoms with E-state index in [0.717, 1.165) is 32.1 Å². The van der Waals surface area contributed by atoms with Crippen LogP contribution in [0.15, 0.2) is 5.16 Å². The molecule has 24 heavy (non-hydrogen) atoms. The average molecular weight is 335 g/mol. The predicted molar refractivity (Wildman–Crippen MR) is 89.9 cm³/mol. The molecule has 0 aromatic rings. The second-order valence-corrected chi connectivity index (χ2v) is 8.10. The van der Waals surface area contributed by atoms with Gasteiger partial charge in [0.05, 0.1) is 24.4 Å². The van der Waals surface area contributed by atoms with Gasteiger partial charge in [0.2, 0.25) is 0 Å². The number of hydroxylamine groups is 2. The lowest BCUT2D eigenvalue weighted by Crippen LogP contribution is -2.46. The lowest BCUT2D eigenvalue weighted by atomic mass is 9.85. The van der Waals surface area contributed by atoms with Crippen LogP contribution in [0.5, 0.6) is 0 Å². The molecule has 0 aromatic carbocycles. The van der Waals surface area contributed by atoms with Crippen LogP contribution in [0.25, 0.3) is 0 Å². The number of piperidine rings is 1. The third-order valence-corrected chi connectivity index (χ3v) is 6.51. The summed E-state index contributed by atoms with van der Waals surface area (Å²) in [6.07, 6.45) is 14.6. The van der Waals surface area contributed by atoms with E-state index in [1.54, 1.807) is 5.06 Å². The summed E-state index contributed by atoms with van der Waals surface area (Å²) in [4.78, 5) is 21.0. The molecular weight excluding hydrogens is 306 g/mol. The number of carbonyl (C=O) groups is 1. The molecule has 2 bridgehead atoms. The summed E-state index contributed by atoms with van der Waals surface area (Å²) in [5.41, 5.74) is 0.188. The summed E-state index contributed by atoms with van der Waals surface area (Å²) in [5, 5.41) is 13.8. The van der Waals surface area contributed by atoms with Gasteiger partial charge in [-0.25, -0.2) is 4.79 Å². The normalized spacial score (nSPS) is 33.8. The predicted octanol–water partition coefficient (Wildman–Crippen LogP) is 3.54. The van der Waals surface area contributed by atoms with E-state index in [2.05, 4.69) is 5.16 Å². The van der Waals surface area contributed by atoms with Crippen molar-refractivity contribution in [2.75, 3.05) is 6.54 Å². The molecule has 2 saturated carbocycles. The Morgan fingerprint density at radius 2 is 1.79 bits per heavy atom.